The maximum absolute atomic E-state index is 2.28. The van der Waals surface area contributed by atoms with Crippen molar-refractivity contribution in [3.8, 4) is 0 Å². The van der Waals surface area contributed by atoms with Gasteiger partial charge in [-0.15, -0.1) is 0 Å². The van der Waals surface area contributed by atoms with Crippen molar-refractivity contribution in [1.29, 1.82) is 0 Å². The van der Waals surface area contributed by atoms with E-state index in [1.807, 2.05) is 0 Å². The molecule has 0 unspecified atom stereocenters. The van der Waals surface area contributed by atoms with E-state index in [9.17, 15) is 0 Å². The first-order valence-corrected chi connectivity index (χ1v) is 4.61. The monoisotopic (exact) mass is 167 g/mol. The maximum atomic E-state index is 2.28. The van der Waals surface area contributed by atoms with Crippen molar-refractivity contribution in [3.05, 3.63) is 23.4 Å². The molecule has 0 saturated carbocycles. The first-order chi connectivity index (χ1) is 5.61. The fourth-order valence-corrected chi connectivity index (χ4v) is 1.04. The second-order valence-corrected chi connectivity index (χ2v) is 3.24. The Morgan fingerprint density at radius 3 is 2.33 bits per heavy atom. The number of allylic oxidation sites excluding steroid dienone is 3. The summed E-state index contributed by atoms with van der Waals surface area (Å²) in [7, 11) is 2.13. The molecule has 1 nitrogen and oxygen atoms in total. The third-order valence-corrected chi connectivity index (χ3v) is 2.08. The van der Waals surface area contributed by atoms with Gasteiger partial charge < -0.3 is 4.90 Å². The summed E-state index contributed by atoms with van der Waals surface area (Å²) in [5.74, 6) is 0. The molecule has 0 N–H and O–H groups in total. The van der Waals surface area contributed by atoms with E-state index in [-0.39, 0.29) is 0 Å². The maximum Gasteiger partial charge on any atom is 0.0379 e. The van der Waals surface area contributed by atoms with Crippen LogP contribution in [-0.2, 0) is 0 Å². The highest BCUT2D eigenvalue weighted by Gasteiger charge is 1.97. The van der Waals surface area contributed by atoms with Crippen molar-refractivity contribution in [2.24, 2.45) is 0 Å². The molecule has 1 heteroatoms. The molecule has 0 aliphatic carbocycles. The average molecular weight is 167 g/mol. The van der Waals surface area contributed by atoms with Gasteiger partial charge in [-0.2, -0.15) is 0 Å². The van der Waals surface area contributed by atoms with Crippen molar-refractivity contribution in [1.82, 2.24) is 4.90 Å². The van der Waals surface area contributed by atoms with Gasteiger partial charge in [-0.05, 0) is 27.2 Å². The van der Waals surface area contributed by atoms with Gasteiger partial charge in [-0.25, -0.2) is 0 Å². The number of rotatable bonds is 4. The van der Waals surface area contributed by atoms with E-state index < -0.39 is 0 Å². The highest BCUT2D eigenvalue weighted by Crippen LogP contribution is 2.04. The molecule has 0 rings (SSSR count). The summed E-state index contributed by atoms with van der Waals surface area (Å²) in [4.78, 5) is 2.28. The molecule has 0 aromatic rings. The summed E-state index contributed by atoms with van der Waals surface area (Å²) < 4.78 is 0. The van der Waals surface area contributed by atoms with E-state index in [4.69, 9.17) is 0 Å². The highest BCUT2D eigenvalue weighted by atomic mass is 15.1. The second-order valence-electron chi connectivity index (χ2n) is 3.24. The molecule has 0 bridgehead atoms. The molecular formula is C11H21N. The minimum absolute atomic E-state index is 1.04. The fourth-order valence-electron chi connectivity index (χ4n) is 1.04. The van der Waals surface area contributed by atoms with Crippen LogP contribution in [0.5, 0.6) is 0 Å². The van der Waals surface area contributed by atoms with Crippen LogP contribution in [0.25, 0.3) is 0 Å². The zero-order chi connectivity index (χ0) is 9.56. The second kappa shape index (κ2) is 5.87. The Bertz CT molecular complexity index is 177. The number of nitrogens with zero attached hydrogens (tertiary/aromatic N) is 1. The van der Waals surface area contributed by atoms with E-state index in [0.717, 1.165) is 13.0 Å². The Balaban J connectivity index is 4.03. The summed E-state index contributed by atoms with van der Waals surface area (Å²) in [5, 5.41) is 0. The van der Waals surface area contributed by atoms with Crippen LogP contribution in [0.4, 0.5) is 0 Å². The minimum Gasteiger partial charge on any atom is -0.374 e. The molecule has 0 radical (unpaired) electrons. The molecule has 0 aromatic carbocycles. The van der Waals surface area contributed by atoms with Gasteiger partial charge in [0.1, 0.15) is 0 Å². The van der Waals surface area contributed by atoms with Gasteiger partial charge >= 0.3 is 0 Å². The molecule has 0 amide bonds. The van der Waals surface area contributed by atoms with Gasteiger partial charge in [0.05, 0.1) is 0 Å². The lowest BCUT2D eigenvalue weighted by atomic mass is 10.2. The number of likely N-dealkylation sites (N-methyl/N-ethyl adjacent to an activating group) is 1. The Labute approximate surface area is 76.8 Å². The van der Waals surface area contributed by atoms with Crippen LogP contribution < -0.4 is 0 Å². The molecule has 0 heterocycles. The minimum atomic E-state index is 1.04. The van der Waals surface area contributed by atoms with Crippen molar-refractivity contribution < 1.29 is 0 Å². The largest absolute Gasteiger partial charge is 0.374 e. The van der Waals surface area contributed by atoms with Crippen LogP contribution in [0.3, 0.4) is 0 Å². The van der Waals surface area contributed by atoms with Crippen molar-refractivity contribution in [3.63, 3.8) is 0 Å². The average Bonchev–Trinajstić information content (AvgIpc) is 2.04. The van der Waals surface area contributed by atoms with Crippen LogP contribution in [0, 0.1) is 0 Å². The fraction of sp³-hybridized carbons (Fsp3) is 0.636. The molecule has 0 aliphatic heterocycles. The number of hydrogen-bond donors (Lipinski definition) is 0. The summed E-state index contributed by atoms with van der Waals surface area (Å²) >= 11 is 0. The standard InChI is InChI=1S/C11H21N/c1-6-8-11(4)12(5)9-10(3)7-2/h7-8H,6,9H2,1-5H3/b10-7+,11-8+. The topological polar surface area (TPSA) is 3.24 Å². The van der Waals surface area contributed by atoms with E-state index >= 15 is 0 Å². The SMILES string of the molecule is C/C=C(\C)CN(C)/C(C)=C/CC. The lowest BCUT2D eigenvalue weighted by Gasteiger charge is -2.20. The lowest BCUT2D eigenvalue weighted by Crippen LogP contribution is -2.18. The van der Waals surface area contributed by atoms with E-state index in [1.165, 1.54) is 11.3 Å². The van der Waals surface area contributed by atoms with Crippen LogP contribution in [-0.4, -0.2) is 18.5 Å². The van der Waals surface area contributed by atoms with E-state index in [0.29, 0.717) is 0 Å². The summed E-state index contributed by atoms with van der Waals surface area (Å²) in [5.41, 5.74) is 2.78. The van der Waals surface area contributed by atoms with Crippen molar-refractivity contribution >= 4 is 0 Å². The molecule has 0 aromatic heterocycles. The summed E-state index contributed by atoms with van der Waals surface area (Å²) in [6, 6.07) is 0. The van der Waals surface area contributed by atoms with Gasteiger partial charge in [0.15, 0.2) is 0 Å². The molecule has 0 spiro atoms. The van der Waals surface area contributed by atoms with E-state index in [2.05, 4.69) is 51.8 Å². The molecule has 0 fully saturated rings. The molecule has 12 heavy (non-hydrogen) atoms. The summed E-state index contributed by atoms with van der Waals surface area (Å²) in [6.07, 6.45) is 5.53. The van der Waals surface area contributed by atoms with Crippen LogP contribution in [0.1, 0.15) is 34.1 Å². The van der Waals surface area contributed by atoms with Crippen LogP contribution in [0.2, 0.25) is 0 Å². The quantitative estimate of drug-likeness (QED) is 0.581. The molecule has 0 atom stereocenters. The molecule has 0 aliphatic rings. The molecular weight excluding hydrogens is 146 g/mol. The van der Waals surface area contributed by atoms with Gasteiger partial charge in [0, 0.05) is 19.3 Å². The third kappa shape index (κ3) is 4.22. The van der Waals surface area contributed by atoms with Crippen molar-refractivity contribution in [2.75, 3.05) is 13.6 Å². The predicted molar refractivity (Wildman–Crippen MR) is 56.1 cm³/mol. The van der Waals surface area contributed by atoms with Gasteiger partial charge in [-0.3, -0.25) is 0 Å². The predicted octanol–water partition coefficient (Wildman–Crippen LogP) is 3.20. The first kappa shape index (κ1) is 11.3. The number of hydrogen-bond acceptors (Lipinski definition) is 1. The van der Waals surface area contributed by atoms with Gasteiger partial charge in [0.25, 0.3) is 0 Å². The Morgan fingerprint density at radius 1 is 1.33 bits per heavy atom. The normalized spacial score (nSPS) is 13.4. The van der Waals surface area contributed by atoms with Crippen LogP contribution >= 0.6 is 0 Å². The summed E-state index contributed by atoms with van der Waals surface area (Å²) in [6.45, 7) is 9.61. The Morgan fingerprint density at radius 2 is 1.92 bits per heavy atom. The van der Waals surface area contributed by atoms with Gasteiger partial charge in [0.2, 0.25) is 0 Å². The Kier molecular flexibility index (Phi) is 5.52. The van der Waals surface area contributed by atoms with Gasteiger partial charge in [-0.1, -0.05) is 24.6 Å². The van der Waals surface area contributed by atoms with Crippen molar-refractivity contribution in [2.45, 2.75) is 34.1 Å². The lowest BCUT2D eigenvalue weighted by molar-refractivity contribution is 0.452. The molecule has 70 valence electrons. The molecule has 0 saturated heterocycles. The van der Waals surface area contributed by atoms with E-state index in [1.54, 1.807) is 0 Å². The third-order valence-electron chi connectivity index (χ3n) is 2.08. The first-order valence-electron chi connectivity index (χ1n) is 4.61. The van der Waals surface area contributed by atoms with Crippen LogP contribution in [0.15, 0.2) is 23.4 Å². The Hall–Kier alpha value is -0.720. The highest BCUT2D eigenvalue weighted by molar-refractivity contribution is 5.04. The smallest absolute Gasteiger partial charge is 0.0379 e. The zero-order valence-corrected chi connectivity index (χ0v) is 9.02. The zero-order valence-electron chi connectivity index (χ0n) is 9.02.